The van der Waals surface area contributed by atoms with Gasteiger partial charge in [-0.2, -0.15) is 0 Å². The molecule has 1 saturated carbocycles. The van der Waals surface area contributed by atoms with Crippen molar-refractivity contribution in [3.05, 3.63) is 106 Å². The molecule has 4 aliphatic rings. The van der Waals surface area contributed by atoms with E-state index in [9.17, 15) is 14.7 Å². The first-order chi connectivity index (χ1) is 24.0. The Kier molecular flexibility index (Phi) is 9.75. The summed E-state index contributed by atoms with van der Waals surface area (Å²) in [7, 11) is 0. The molecule has 0 unspecified atom stereocenters. The predicted octanol–water partition coefficient (Wildman–Crippen LogP) is 8.35. The van der Waals surface area contributed by atoms with Gasteiger partial charge in [0.1, 0.15) is 11.4 Å². The van der Waals surface area contributed by atoms with Gasteiger partial charge in [0.15, 0.2) is 0 Å². The van der Waals surface area contributed by atoms with Gasteiger partial charge in [0, 0.05) is 23.5 Å². The number of esters is 2. The Labute approximate surface area is 300 Å². The van der Waals surface area contributed by atoms with Gasteiger partial charge in [-0.25, -0.2) is 9.59 Å². The van der Waals surface area contributed by atoms with E-state index in [1.807, 2.05) is 57.2 Å². The average molecular weight is 698 g/mol. The van der Waals surface area contributed by atoms with Crippen LogP contribution < -0.4 is 9.64 Å². The van der Waals surface area contributed by atoms with E-state index in [0.717, 1.165) is 80.1 Å². The lowest BCUT2D eigenvalue weighted by Gasteiger charge is -2.47. The lowest BCUT2D eigenvalue weighted by molar-refractivity contribution is 0.00692. The number of allylic oxidation sites excluding steroid dienone is 1. The van der Waals surface area contributed by atoms with Crippen LogP contribution in [0.4, 0.5) is 5.69 Å². The van der Waals surface area contributed by atoms with Gasteiger partial charge in [-0.05, 0) is 143 Å². The number of aryl methyl sites for hydroxylation is 1. The van der Waals surface area contributed by atoms with Gasteiger partial charge < -0.3 is 24.2 Å². The van der Waals surface area contributed by atoms with Crippen molar-refractivity contribution in [1.29, 1.82) is 0 Å². The highest BCUT2D eigenvalue weighted by Gasteiger charge is 2.45. The number of rotatable bonds is 9. The Hall–Kier alpha value is -3.81. The number of aliphatic hydroxyl groups is 1. The van der Waals surface area contributed by atoms with E-state index in [1.54, 1.807) is 18.2 Å². The number of aliphatic hydroxyl groups excluding tert-OH is 1. The molecule has 0 amide bonds. The standard InChI is InChI=1S/C42H48ClNO6/c1-41(2,3)50-40(47)30-12-16-37-36(23-30)44(25-42(26-49-37)18-7-10-29-22-33(43)13-15-35(29)42)24-31-11-14-34(31)38(45)32-20-27(21-32)17-19-48-39(46)28-8-5-4-6-9-28/h4-6,8-9,12-13,15-16,20,22-23,27,31,34,38,45H,7,10-11,14,17-19,21,24-26H2,1-3H3/t27-,31+,34-,38-,42+/m1/s1. The molecule has 1 aliphatic heterocycles. The number of hydrogen-bond acceptors (Lipinski definition) is 7. The maximum atomic E-state index is 13.2. The number of ether oxygens (including phenoxy) is 3. The molecule has 3 aliphatic carbocycles. The van der Waals surface area contributed by atoms with E-state index in [0.29, 0.717) is 36.2 Å². The minimum absolute atomic E-state index is 0.160. The SMILES string of the molecule is CC(C)(C)OC(=O)c1ccc2c(c1)N(C[C@@H]1CC[C@H]1[C@H](O)C1=C[C@@H](CCOC(=O)c3ccccc3)C1)C[C@@]1(CCCc3cc(Cl)ccc31)CO2. The average Bonchev–Trinajstić information content (AvgIpc) is 3.20. The number of carbonyl (C=O) groups is 2. The van der Waals surface area contributed by atoms with Crippen LogP contribution in [0, 0.1) is 17.8 Å². The smallest absolute Gasteiger partial charge is 0.338 e. The maximum absolute atomic E-state index is 13.2. The number of halogens is 1. The summed E-state index contributed by atoms with van der Waals surface area (Å²) in [5.74, 6) is 0.876. The van der Waals surface area contributed by atoms with Crippen molar-refractivity contribution in [2.45, 2.75) is 82.8 Å². The van der Waals surface area contributed by atoms with Gasteiger partial charge in [-0.3, -0.25) is 0 Å². The van der Waals surface area contributed by atoms with Crippen molar-refractivity contribution >= 4 is 29.2 Å². The molecule has 1 fully saturated rings. The van der Waals surface area contributed by atoms with Crippen LogP contribution in [0.3, 0.4) is 0 Å². The third-order valence-corrected chi connectivity index (χ3v) is 11.3. The van der Waals surface area contributed by atoms with Gasteiger partial charge >= 0.3 is 11.9 Å². The summed E-state index contributed by atoms with van der Waals surface area (Å²) in [6.07, 6.45) is 8.33. The summed E-state index contributed by atoms with van der Waals surface area (Å²) in [5, 5.41) is 12.3. The zero-order valence-corrected chi connectivity index (χ0v) is 30.1. The second-order valence-corrected chi connectivity index (χ2v) is 16.2. The van der Waals surface area contributed by atoms with E-state index in [2.05, 4.69) is 23.1 Å². The summed E-state index contributed by atoms with van der Waals surface area (Å²) in [4.78, 5) is 27.9. The summed E-state index contributed by atoms with van der Waals surface area (Å²) >= 11 is 6.45. The third kappa shape index (κ3) is 7.31. The quantitative estimate of drug-likeness (QED) is 0.178. The monoisotopic (exact) mass is 697 g/mol. The molecule has 5 atom stereocenters. The van der Waals surface area contributed by atoms with Crippen molar-refractivity contribution < 1.29 is 28.9 Å². The van der Waals surface area contributed by atoms with Crippen LogP contribution in [0.1, 0.15) is 91.1 Å². The first-order valence-electron chi connectivity index (χ1n) is 18.1. The van der Waals surface area contributed by atoms with Crippen molar-refractivity contribution in [2.75, 3.05) is 31.2 Å². The van der Waals surface area contributed by atoms with Gasteiger partial charge in [0.2, 0.25) is 0 Å². The highest BCUT2D eigenvalue weighted by atomic mass is 35.5. The fourth-order valence-electron chi connectivity index (χ4n) is 8.31. The molecule has 1 spiro atoms. The molecule has 3 aromatic rings. The first-order valence-corrected chi connectivity index (χ1v) is 18.5. The minimum atomic E-state index is -0.603. The van der Waals surface area contributed by atoms with E-state index < -0.39 is 11.7 Å². The van der Waals surface area contributed by atoms with E-state index in [-0.39, 0.29) is 23.3 Å². The highest BCUT2D eigenvalue weighted by Crippen LogP contribution is 2.48. The summed E-state index contributed by atoms with van der Waals surface area (Å²) in [6, 6.07) is 21.0. The molecule has 1 N–H and O–H groups in total. The molecule has 0 bridgehead atoms. The van der Waals surface area contributed by atoms with Crippen LogP contribution >= 0.6 is 11.6 Å². The molecule has 0 saturated heterocycles. The Balaban J connectivity index is 1.07. The van der Waals surface area contributed by atoms with Gasteiger partial charge in [-0.1, -0.05) is 41.9 Å². The van der Waals surface area contributed by atoms with Crippen LogP contribution in [0.15, 0.2) is 78.4 Å². The Morgan fingerprint density at radius 2 is 1.84 bits per heavy atom. The summed E-state index contributed by atoms with van der Waals surface area (Å²) < 4.78 is 17.9. The largest absolute Gasteiger partial charge is 0.490 e. The van der Waals surface area contributed by atoms with Crippen LogP contribution in [0.5, 0.6) is 5.75 Å². The van der Waals surface area contributed by atoms with Gasteiger partial charge in [-0.15, -0.1) is 0 Å². The second kappa shape index (κ2) is 14.1. The molecule has 0 aromatic heterocycles. The zero-order chi connectivity index (χ0) is 35.0. The van der Waals surface area contributed by atoms with E-state index >= 15 is 0 Å². The van der Waals surface area contributed by atoms with Crippen molar-refractivity contribution in [3.8, 4) is 5.75 Å². The van der Waals surface area contributed by atoms with Crippen LogP contribution in [0.2, 0.25) is 5.02 Å². The number of fused-ring (bicyclic) bond motifs is 3. The topological polar surface area (TPSA) is 85.3 Å². The molecule has 1 heterocycles. The summed E-state index contributed by atoms with van der Waals surface area (Å²) in [6.45, 7) is 8.05. The third-order valence-electron chi connectivity index (χ3n) is 11.1. The molecular formula is C42H48ClNO6. The Bertz CT molecular complexity index is 1770. The number of carbonyl (C=O) groups excluding carboxylic acids is 2. The molecule has 50 heavy (non-hydrogen) atoms. The highest BCUT2D eigenvalue weighted by molar-refractivity contribution is 6.30. The van der Waals surface area contributed by atoms with Gasteiger partial charge in [0.05, 0.1) is 36.1 Å². The van der Waals surface area contributed by atoms with Crippen LogP contribution in [-0.4, -0.2) is 55.1 Å². The van der Waals surface area contributed by atoms with Crippen molar-refractivity contribution in [2.24, 2.45) is 17.8 Å². The normalized spacial score (nSPS) is 24.7. The lowest BCUT2D eigenvalue weighted by atomic mass is 9.65. The van der Waals surface area contributed by atoms with Crippen LogP contribution in [0.25, 0.3) is 0 Å². The second-order valence-electron chi connectivity index (χ2n) is 15.7. The van der Waals surface area contributed by atoms with Crippen molar-refractivity contribution in [3.63, 3.8) is 0 Å². The molecular weight excluding hydrogens is 650 g/mol. The predicted molar refractivity (Wildman–Crippen MR) is 195 cm³/mol. The van der Waals surface area contributed by atoms with E-state index in [4.69, 9.17) is 25.8 Å². The first kappa shape index (κ1) is 34.6. The number of nitrogens with zero attached hydrogens (tertiary/aromatic N) is 1. The molecule has 8 heteroatoms. The minimum Gasteiger partial charge on any atom is -0.490 e. The summed E-state index contributed by atoms with van der Waals surface area (Å²) in [5.41, 5.74) is 4.81. The van der Waals surface area contributed by atoms with Gasteiger partial charge in [0.25, 0.3) is 0 Å². The van der Waals surface area contributed by atoms with Crippen molar-refractivity contribution in [1.82, 2.24) is 0 Å². The molecule has 264 valence electrons. The van der Waals surface area contributed by atoms with Crippen LogP contribution in [-0.2, 0) is 21.3 Å². The number of hydrogen-bond donors (Lipinski definition) is 1. The van der Waals surface area contributed by atoms with E-state index in [1.165, 1.54) is 11.1 Å². The Morgan fingerprint density at radius 3 is 2.58 bits per heavy atom. The molecule has 7 rings (SSSR count). The number of anilines is 1. The molecule has 7 nitrogen and oxygen atoms in total. The number of benzene rings is 3. The Morgan fingerprint density at radius 1 is 1.04 bits per heavy atom. The molecule has 0 radical (unpaired) electrons. The fraction of sp³-hybridized carbons (Fsp3) is 0.476. The lowest BCUT2D eigenvalue weighted by Crippen LogP contribution is -2.50. The zero-order valence-electron chi connectivity index (χ0n) is 29.3. The fourth-order valence-corrected chi connectivity index (χ4v) is 8.51. The maximum Gasteiger partial charge on any atom is 0.338 e. The molecule has 3 aromatic carbocycles.